The number of halogens is 2. The first kappa shape index (κ1) is 24.3. The highest BCUT2D eigenvalue weighted by molar-refractivity contribution is 14.1. The predicted octanol–water partition coefficient (Wildman–Crippen LogP) is 4.01. The fraction of sp³-hybridized carbons (Fsp3) is 0.300. The summed E-state index contributed by atoms with van der Waals surface area (Å²) in [5.41, 5.74) is 5.56. The number of ether oxygens (including phenoxy) is 3. The Balaban J connectivity index is 2.16. The molecule has 0 aliphatic heterocycles. The molecule has 0 radical (unpaired) electrons. The van der Waals surface area contributed by atoms with E-state index in [1.807, 2.05) is 25.1 Å². The number of pyridine rings is 1. The van der Waals surface area contributed by atoms with Crippen LogP contribution in [-0.2, 0) is 20.9 Å². The average Bonchev–Trinajstić information content (AvgIpc) is 2.67. The lowest BCUT2D eigenvalue weighted by Crippen LogP contribution is -2.15. The van der Waals surface area contributed by atoms with Gasteiger partial charge in [0.1, 0.15) is 17.4 Å². The van der Waals surface area contributed by atoms with Crippen molar-refractivity contribution < 1.29 is 19.0 Å². The van der Waals surface area contributed by atoms with Crippen molar-refractivity contribution in [3.05, 3.63) is 47.7 Å². The van der Waals surface area contributed by atoms with E-state index >= 15 is 0 Å². The third-order valence-electron chi connectivity index (χ3n) is 3.69. The van der Waals surface area contributed by atoms with Crippen molar-refractivity contribution in [3.8, 4) is 11.8 Å². The van der Waals surface area contributed by atoms with Crippen molar-refractivity contribution in [2.75, 3.05) is 25.7 Å². The van der Waals surface area contributed by atoms with Crippen molar-refractivity contribution in [2.24, 2.45) is 5.10 Å². The molecule has 0 spiro atoms. The molecular weight excluding hydrogens is 614 g/mol. The van der Waals surface area contributed by atoms with Gasteiger partial charge in [0, 0.05) is 18.4 Å². The monoisotopic (exact) mass is 634 g/mol. The van der Waals surface area contributed by atoms with Gasteiger partial charge in [0.05, 0.1) is 26.6 Å². The van der Waals surface area contributed by atoms with E-state index in [1.54, 1.807) is 20.2 Å². The smallest absolute Gasteiger partial charge is 0.344 e. The Morgan fingerprint density at radius 2 is 2.03 bits per heavy atom. The molecule has 1 heterocycles. The first-order chi connectivity index (χ1) is 14.4. The third-order valence-corrected chi connectivity index (χ3v) is 5.29. The Bertz CT molecular complexity index is 966. The maximum atomic E-state index is 11.5. The number of aromatic nitrogens is 1. The van der Waals surface area contributed by atoms with Crippen LogP contribution in [0.2, 0.25) is 0 Å². The number of hydrazone groups is 1. The lowest BCUT2D eigenvalue weighted by molar-refractivity contribution is -0.145. The van der Waals surface area contributed by atoms with E-state index in [0.29, 0.717) is 30.3 Å². The molecule has 0 saturated heterocycles. The first-order valence-corrected chi connectivity index (χ1v) is 11.0. The third kappa shape index (κ3) is 6.78. The average molecular weight is 634 g/mol. The lowest BCUT2D eigenvalue weighted by atomic mass is 10.1. The van der Waals surface area contributed by atoms with E-state index in [2.05, 4.69) is 66.8 Å². The van der Waals surface area contributed by atoms with Gasteiger partial charge in [-0.2, -0.15) is 10.4 Å². The summed E-state index contributed by atoms with van der Waals surface area (Å²) in [5, 5.41) is 13.7. The summed E-state index contributed by atoms with van der Waals surface area (Å²) >= 11 is 4.28. The van der Waals surface area contributed by atoms with Gasteiger partial charge in [0.2, 0.25) is 0 Å². The molecule has 30 heavy (non-hydrogen) atoms. The Kier molecular flexibility index (Phi) is 9.73. The van der Waals surface area contributed by atoms with E-state index in [-0.39, 0.29) is 6.61 Å². The van der Waals surface area contributed by atoms with Gasteiger partial charge in [-0.1, -0.05) is 0 Å². The number of esters is 1. The van der Waals surface area contributed by atoms with Crippen LogP contribution in [0.15, 0.2) is 23.3 Å². The van der Waals surface area contributed by atoms with Gasteiger partial charge in [-0.3, -0.25) is 5.43 Å². The number of rotatable bonds is 9. The Hall–Kier alpha value is -1.98. The van der Waals surface area contributed by atoms with Crippen molar-refractivity contribution in [3.63, 3.8) is 0 Å². The van der Waals surface area contributed by atoms with Gasteiger partial charge in [-0.25, -0.2) is 9.78 Å². The summed E-state index contributed by atoms with van der Waals surface area (Å²) in [6.45, 7) is 4.07. The number of anilines is 1. The quantitative estimate of drug-likeness (QED) is 0.193. The van der Waals surface area contributed by atoms with E-state index in [9.17, 15) is 10.1 Å². The molecular formula is C20H20I2N4O4. The lowest BCUT2D eigenvalue weighted by Gasteiger charge is -2.11. The highest BCUT2D eigenvalue weighted by atomic mass is 127. The molecule has 0 saturated carbocycles. The van der Waals surface area contributed by atoms with Gasteiger partial charge in [0.15, 0.2) is 12.4 Å². The first-order valence-electron chi connectivity index (χ1n) is 8.85. The molecule has 0 aliphatic rings. The number of carbonyl (C=O) groups excluding carboxylic acids is 1. The van der Waals surface area contributed by atoms with Gasteiger partial charge in [-0.05, 0) is 82.8 Å². The van der Waals surface area contributed by atoms with Crippen LogP contribution in [0.1, 0.15) is 29.3 Å². The number of nitrogens with one attached hydrogen (secondary N) is 1. The number of benzene rings is 1. The fourth-order valence-electron chi connectivity index (χ4n) is 2.51. The highest BCUT2D eigenvalue weighted by Gasteiger charge is 2.12. The number of hydrogen-bond donors (Lipinski definition) is 1. The molecule has 0 fully saturated rings. The number of methoxy groups -OCH3 is 1. The summed E-state index contributed by atoms with van der Waals surface area (Å²) < 4.78 is 17.3. The number of carbonyl (C=O) groups is 1. The predicted molar refractivity (Wildman–Crippen MR) is 130 cm³/mol. The summed E-state index contributed by atoms with van der Waals surface area (Å²) in [5.74, 6) is 0.580. The Morgan fingerprint density at radius 3 is 2.63 bits per heavy atom. The zero-order chi connectivity index (χ0) is 22.1. The summed E-state index contributed by atoms with van der Waals surface area (Å²) in [7, 11) is 1.57. The second-order valence-corrected chi connectivity index (χ2v) is 8.29. The Labute approximate surface area is 202 Å². The molecule has 1 aromatic heterocycles. The molecule has 8 nitrogen and oxygen atoms in total. The van der Waals surface area contributed by atoms with Crippen LogP contribution in [0.5, 0.6) is 5.75 Å². The minimum atomic E-state index is -0.411. The fourth-order valence-corrected chi connectivity index (χ4v) is 4.64. The molecule has 158 valence electrons. The zero-order valence-electron chi connectivity index (χ0n) is 16.7. The topological polar surface area (TPSA) is 106 Å². The van der Waals surface area contributed by atoms with E-state index in [1.165, 1.54) is 0 Å². The summed E-state index contributed by atoms with van der Waals surface area (Å²) in [6.07, 6.45) is 1.63. The van der Waals surface area contributed by atoms with Crippen LogP contribution in [0.3, 0.4) is 0 Å². The molecule has 0 bridgehead atoms. The molecule has 2 aromatic rings. The maximum Gasteiger partial charge on any atom is 0.344 e. The number of aryl methyl sites for hydroxylation is 1. The molecule has 0 unspecified atom stereocenters. The van der Waals surface area contributed by atoms with Crippen LogP contribution >= 0.6 is 45.2 Å². The molecule has 10 heteroatoms. The molecule has 0 atom stereocenters. The molecule has 1 N–H and O–H groups in total. The highest BCUT2D eigenvalue weighted by Crippen LogP contribution is 2.28. The summed E-state index contributed by atoms with van der Waals surface area (Å²) in [6, 6.07) is 7.71. The summed E-state index contributed by atoms with van der Waals surface area (Å²) in [4.78, 5) is 15.9. The van der Waals surface area contributed by atoms with Gasteiger partial charge in [-0.15, -0.1) is 0 Å². The van der Waals surface area contributed by atoms with Gasteiger partial charge < -0.3 is 14.2 Å². The van der Waals surface area contributed by atoms with Crippen molar-refractivity contribution in [2.45, 2.75) is 20.5 Å². The standard InChI is InChI=1S/C20H20I2N4O4/c1-4-29-18(27)11-30-19-16(21)6-13(7-17(19)22)9-24-26-20-15(8-23)14(10-28-3)5-12(2)25-20/h5-7,9H,4,10-11H2,1-3H3,(H,25,26)/b24-9-. The van der Waals surface area contributed by atoms with Gasteiger partial charge >= 0.3 is 5.97 Å². The van der Waals surface area contributed by atoms with Crippen molar-refractivity contribution in [1.82, 2.24) is 4.98 Å². The van der Waals surface area contributed by atoms with Gasteiger partial charge in [0.25, 0.3) is 0 Å². The van der Waals surface area contributed by atoms with E-state index in [0.717, 1.165) is 24.0 Å². The molecule has 0 amide bonds. The van der Waals surface area contributed by atoms with Crippen LogP contribution in [0.25, 0.3) is 0 Å². The van der Waals surface area contributed by atoms with Crippen LogP contribution < -0.4 is 10.2 Å². The molecule has 1 aromatic carbocycles. The minimum absolute atomic E-state index is 0.144. The van der Waals surface area contributed by atoms with E-state index in [4.69, 9.17) is 14.2 Å². The van der Waals surface area contributed by atoms with Crippen LogP contribution in [-0.4, -0.2) is 37.5 Å². The van der Waals surface area contributed by atoms with Crippen molar-refractivity contribution in [1.29, 1.82) is 5.26 Å². The van der Waals surface area contributed by atoms with Crippen LogP contribution in [0.4, 0.5) is 5.82 Å². The number of nitrogens with zero attached hydrogens (tertiary/aromatic N) is 3. The SMILES string of the molecule is CCOC(=O)COc1c(I)cc(/C=N\Nc2nc(C)cc(COC)c2C#N)cc1I. The normalized spacial score (nSPS) is 10.7. The minimum Gasteiger partial charge on any atom is -0.480 e. The van der Waals surface area contributed by atoms with E-state index < -0.39 is 5.97 Å². The Morgan fingerprint density at radius 1 is 1.33 bits per heavy atom. The van der Waals surface area contributed by atoms with Crippen LogP contribution in [0, 0.1) is 25.4 Å². The number of hydrogen-bond acceptors (Lipinski definition) is 8. The second kappa shape index (κ2) is 12.0. The zero-order valence-corrected chi connectivity index (χ0v) is 21.0. The number of nitriles is 1. The van der Waals surface area contributed by atoms with Crippen molar-refractivity contribution >= 4 is 63.2 Å². The molecule has 2 rings (SSSR count). The largest absolute Gasteiger partial charge is 0.480 e. The second-order valence-electron chi connectivity index (χ2n) is 5.97. The molecule has 0 aliphatic carbocycles. The maximum absolute atomic E-state index is 11.5.